The van der Waals surface area contributed by atoms with E-state index in [0.717, 1.165) is 32.1 Å². The Labute approximate surface area is 281 Å². The van der Waals surface area contributed by atoms with Crippen molar-refractivity contribution in [3.63, 3.8) is 0 Å². The summed E-state index contributed by atoms with van der Waals surface area (Å²) < 4.78 is 5.07. The molecule has 0 aromatic carbocycles. The minimum atomic E-state index is -1.49. The van der Waals surface area contributed by atoms with Crippen LogP contribution in [0.1, 0.15) is 122 Å². The third kappa shape index (κ3) is 24.7. The van der Waals surface area contributed by atoms with Crippen LogP contribution in [0.3, 0.4) is 0 Å². The van der Waals surface area contributed by atoms with Gasteiger partial charge in [0.25, 0.3) is 6.47 Å². The number of aliphatic carboxylic acids is 3. The third-order valence-electron chi connectivity index (χ3n) is 7.44. The Hall–Kier alpha value is -4.48. The molecular formula is C33H51N3O12. The largest absolute Gasteiger partial charge is 0.481 e. The summed E-state index contributed by atoms with van der Waals surface area (Å²) in [6, 6.07) is -3.83. The van der Waals surface area contributed by atoms with Crippen molar-refractivity contribution in [1.82, 2.24) is 16.0 Å². The lowest BCUT2D eigenvalue weighted by Gasteiger charge is -2.18. The van der Waals surface area contributed by atoms with Gasteiger partial charge in [0.1, 0.15) is 29.8 Å². The van der Waals surface area contributed by atoms with Crippen LogP contribution in [0.15, 0.2) is 0 Å². The summed E-state index contributed by atoms with van der Waals surface area (Å²) in [5, 5.41) is 34.2. The van der Waals surface area contributed by atoms with Crippen molar-refractivity contribution < 1.29 is 58.4 Å². The van der Waals surface area contributed by atoms with E-state index in [9.17, 15) is 43.5 Å². The van der Waals surface area contributed by atoms with Crippen LogP contribution in [-0.2, 0) is 38.3 Å². The molecule has 3 amide bonds. The normalized spacial score (nSPS) is 12.4. The molecule has 15 nitrogen and oxygen atoms in total. The van der Waals surface area contributed by atoms with E-state index in [1.165, 1.54) is 0 Å². The molecule has 0 spiro atoms. The maximum Gasteiger partial charge on any atom is 0.326 e. The SMILES string of the molecule is C#CCCC(=O)CCCCC[C@H](CC(=O)CCCCCCC(=O)NCCCC[C@H](NC(=O)N[C@@H](CCC(=O)O)C(=O)O)C(=O)O)OC=O. The summed E-state index contributed by atoms with van der Waals surface area (Å²) in [7, 11) is 0. The predicted molar refractivity (Wildman–Crippen MR) is 173 cm³/mol. The van der Waals surface area contributed by atoms with Gasteiger partial charge < -0.3 is 36.0 Å². The van der Waals surface area contributed by atoms with Crippen molar-refractivity contribution in [3.8, 4) is 12.3 Å². The molecule has 3 atom stereocenters. The molecule has 0 aliphatic heterocycles. The van der Waals surface area contributed by atoms with Crippen molar-refractivity contribution in [2.75, 3.05) is 6.54 Å². The molecule has 0 heterocycles. The molecular weight excluding hydrogens is 630 g/mol. The number of hydrogen-bond donors (Lipinski definition) is 6. The number of carbonyl (C=O) groups is 8. The van der Waals surface area contributed by atoms with Gasteiger partial charge in [-0.3, -0.25) is 24.0 Å². The van der Waals surface area contributed by atoms with Crippen LogP contribution >= 0.6 is 0 Å². The van der Waals surface area contributed by atoms with Crippen LogP contribution in [-0.4, -0.2) is 87.9 Å². The maximum atomic E-state index is 12.3. The van der Waals surface area contributed by atoms with E-state index in [1.807, 2.05) is 0 Å². The third-order valence-corrected chi connectivity index (χ3v) is 7.44. The number of carboxylic acids is 3. The molecule has 0 rings (SSSR count). The summed E-state index contributed by atoms with van der Waals surface area (Å²) in [5.41, 5.74) is 0. The highest BCUT2D eigenvalue weighted by molar-refractivity contribution is 5.86. The molecule has 6 N–H and O–H groups in total. The number of Topliss-reactive ketones (excluding diaryl/α,β-unsaturated/α-hetero) is 2. The summed E-state index contributed by atoms with van der Waals surface area (Å²) in [4.78, 5) is 92.3. The van der Waals surface area contributed by atoms with Gasteiger partial charge in [0.05, 0.1) is 0 Å². The van der Waals surface area contributed by atoms with Gasteiger partial charge in [0, 0.05) is 51.5 Å². The van der Waals surface area contributed by atoms with E-state index in [-0.39, 0.29) is 36.7 Å². The lowest BCUT2D eigenvalue weighted by molar-refractivity contribution is -0.141. The quantitative estimate of drug-likeness (QED) is 0.0351. The molecule has 0 unspecified atom stereocenters. The zero-order chi connectivity index (χ0) is 36.2. The van der Waals surface area contributed by atoms with Crippen LogP contribution < -0.4 is 16.0 Å². The van der Waals surface area contributed by atoms with Crippen molar-refractivity contribution in [3.05, 3.63) is 0 Å². The molecule has 0 fully saturated rings. The molecule has 0 aromatic heterocycles. The van der Waals surface area contributed by atoms with E-state index in [0.29, 0.717) is 77.2 Å². The molecule has 0 saturated carbocycles. The molecule has 270 valence electrons. The van der Waals surface area contributed by atoms with Gasteiger partial charge in [-0.15, -0.1) is 12.3 Å². The van der Waals surface area contributed by atoms with E-state index >= 15 is 0 Å². The number of hydrogen-bond acceptors (Lipinski definition) is 9. The predicted octanol–water partition coefficient (Wildman–Crippen LogP) is 3.12. The zero-order valence-electron chi connectivity index (χ0n) is 27.5. The second-order valence-corrected chi connectivity index (χ2v) is 11.5. The smallest absolute Gasteiger partial charge is 0.326 e. The first-order chi connectivity index (χ1) is 22.9. The van der Waals surface area contributed by atoms with E-state index in [1.54, 1.807) is 0 Å². The first-order valence-electron chi connectivity index (χ1n) is 16.5. The molecule has 0 aromatic rings. The number of rotatable bonds is 31. The molecule has 0 saturated heterocycles. The fourth-order valence-electron chi connectivity index (χ4n) is 4.75. The summed E-state index contributed by atoms with van der Waals surface area (Å²) in [6.45, 7) is 0.657. The minimum absolute atomic E-state index is 0.00483. The Bertz CT molecular complexity index is 1090. The van der Waals surface area contributed by atoms with Crippen molar-refractivity contribution in [2.45, 2.75) is 140 Å². The highest BCUT2D eigenvalue weighted by Gasteiger charge is 2.24. The van der Waals surface area contributed by atoms with Gasteiger partial charge in [0.2, 0.25) is 5.91 Å². The Balaban J connectivity index is 4.09. The molecule has 0 bridgehead atoms. The first-order valence-corrected chi connectivity index (χ1v) is 16.5. The van der Waals surface area contributed by atoms with Crippen LogP contribution in [0.2, 0.25) is 0 Å². The van der Waals surface area contributed by atoms with E-state index < -0.39 is 48.5 Å². The number of unbranched alkanes of at least 4 members (excludes halogenated alkanes) is 6. The fourth-order valence-corrected chi connectivity index (χ4v) is 4.75. The number of terminal acetylenes is 1. The van der Waals surface area contributed by atoms with Gasteiger partial charge in [-0.05, 0) is 57.8 Å². The molecule has 0 radical (unpaired) electrons. The van der Waals surface area contributed by atoms with Crippen molar-refractivity contribution in [2.24, 2.45) is 0 Å². The second kappa shape index (κ2) is 27.6. The van der Waals surface area contributed by atoms with E-state index in [2.05, 4.69) is 21.9 Å². The summed E-state index contributed by atoms with van der Waals surface area (Å²) >= 11 is 0. The highest BCUT2D eigenvalue weighted by atomic mass is 16.5. The molecule has 0 aliphatic carbocycles. The number of urea groups is 1. The van der Waals surface area contributed by atoms with Crippen LogP contribution in [0, 0.1) is 12.3 Å². The lowest BCUT2D eigenvalue weighted by atomic mass is 10.0. The van der Waals surface area contributed by atoms with Crippen LogP contribution in [0.4, 0.5) is 4.79 Å². The van der Waals surface area contributed by atoms with Gasteiger partial charge >= 0.3 is 23.9 Å². The summed E-state index contributed by atoms with van der Waals surface area (Å²) in [6.07, 6.45) is 12.4. The number of ketones is 2. The number of nitrogens with one attached hydrogen (secondary N) is 3. The average Bonchev–Trinajstić information content (AvgIpc) is 3.02. The Morgan fingerprint density at radius 2 is 1.23 bits per heavy atom. The monoisotopic (exact) mass is 681 g/mol. The fraction of sp³-hybridized carbons (Fsp3) is 0.697. The average molecular weight is 682 g/mol. The van der Waals surface area contributed by atoms with Crippen molar-refractivity contribution in [1.29, 1.82) is 0 Å². The van der Waals surface area contributed by atoms with Crippen LogP contribution in [0.25, 0.3) is 0 Å². The van der Waals surface area contributed by atoms with Gasteiger partial charge in [-0.2, -0.15) is 0 Å². The minimum Gasteiger partial charge on any atom is -0.481 e. The number of carboxylic acid groups (broad SMARTS) is 3. The standard InChI is InChI=1S/C33H51N3O12/c1-2-3-13-24(38)14-8-6-9-16-26(48-23-37)22-25(39)15-7-4-5-10-18-29(40)34-21-12-11-17-27(31(43)44)35-33(47)36-28(32(45)46)19-20-30(41)42/h1,23,26-28H,3-22H2,(H,34,40)(H,41,42)(H,43,44)(H,45,46)(H2,35,36,47)/t26-,27+,28+/m1/s1. The number of ether oxygens (including phenoxy) is 1. The zero-order valence-corrected chi connectivity index (χ0v) is 27.5. The topological polar surface area (TPSA) is 243 Å². The van der Waals surface area contributed by atoms with Crippen molar-refractivity contribution >= 4 is 47.9 Å². The van der Waals surface area contributed by atoms with Gasteiger partial charge in [0.15, 0.2) is 0 Å². The van der Waals surface area contributed by atoms with Crippen LogP contribution in [0.5, 0.6) is 0 Å². The second-order valence-electron chi connectivity index (χ2n) is 11.5. The number of carbonyl (C=O) groups excluding carboxylic acids is 5. The first kappa shape index (κ1) is 43.5. The lowest BCUT2D eigenvalue weighted by Crippen LogP contribution is -2.51. The summed E-state index contributed by atoms with van der Waals surface area (Å²) in [5.74, 6) is -1.58. The Kier molecular flexibility index (Phi) is 25.0. The maximum absolute atomic E-state index is 12.3. The molecule has 0 aliphatic rings. The number of amides is 3. The highest BCUT2D eigenvalue weighted by Crippen LogP contribution is 2.15. The molecule has 15 heteroatoms. The van der Waals surface area contributed by atoms with E-state index in [4.69, 9.17) is 21.4 Å². The van der Waals surface area contributed by atoms with Gasteiger partial charge in [-0.1, -0.05) is 19.3 Å². The Morgan fingerprint density at radius 3 is 1.81 bits per heavy atom. The Morgan fingerprint density at radius 1 is 0.667 bits per heavy atom. The molecule has 48 heavy (non-hydrogen) atoms. The van der Waals surface area contributed by atoms with Gasteiger partial charge in [-0.25, -0.2) is 14.4 Å².